The summed E-state index contributed by atoms with van der Waals surface area (Å²) < 4.78 is 2.44. The largest absolute Gasteiger partial charge is 0.314 e. The molecule has 2 nitrogen and oxygen atoms in total. The molecule has 3 rings (SSSR count). The first kappa shape index (κ1) is 14.1. The summed E-state index contributed by atoms with van der Waals surface area (Å²) in [5.74, 6) is 0.837. The third-order valence-electron chi connectivity index (χ3n) is 4.42. The Hall–Kier alpha value is 0.1000. The van der Waals surface area contributed by atoms with Crippen molar-refractivity contribution in [1.29, 1.82) is 0 Å². The van der Waals surface area contributed by atoms with Gasteiger partial charge in [-0.2, -0.15) is 0 Å². The summed E-state index contributed by atoms with van der Waals surface area (Å²) in [4.78, 5) is 2.67. The minimum atomic E-state index is 0.586. The van der Waals surface area contributed by atoms with E-state index in [-0.39, 0.29) is 0 Å². The Bertz CT molecular complexity index is 440. The van der Waals surface area contributed by atoms with E-state index in [0.717, 1.165) is 19.0 Å². The molecule has 0 radical (unpaired) electrons. The SMILES string of the molecule is Brc1ccc(Br)c([C@@H](C2CCC2)N2CCNCC2)c1. The van der Waals surface area contributed by atoms with Gasteiger partial charge in [-0.1, -0.05) is 38.3 Å². The lowest BCUT2D eigenvalue weighted by Gasteiger charge is -2.43. The summed E-state index contributed by atoms with van der Waals surface area (Å²) in [6.45, 7) is 4.57. The van der Waals surface area contributed by atoms with Crippen molar-refractivity contribution < 1.29 is 0 Å². The zero-order valence-corrected chi connectivity index (χ0v) is 14.2. The van der Waals surface area contributed by atoms with Gasteiger partial charge in [0.25, 0.3) is 0 Å². The van der Waals surface area contributed by atoms with Crippen molar-refractivity contribution in [2.75, 3.05) is 26.2 Å². The number of nitrogens with one attached hydrogen (secondary N) is 1. The smallest absolute Gasteiger partial charge is 0.0388 e. The molecule has 0 spiro atoms. The number of piperazine rings is 1. The number of benzene rings is 1. The Kier molecular flexibility index (Phi) is 4.62. The van der Waals surface area contributed by atoms with Gasteiger partial charge >= 0.3 is 0 Å². The molecule has 1 N–H and O–H groups in total. The van der Waals surface area contributed by atoms with E-state index < -0.39 is 0 Å². The first-order valence-corrected chi connectivity index (χ1v) is 8.74. The highest BCUT2D eigenvalue weighted by Gasteiger charge is 2.34. The molecule has 1 aromatic rings. The van der Waals surface area contributed by atoms with Gasteiger partial charge in [-0.05, 0) is 42.5 Å². The second-order valence-corrected chi connectivity index (χ2v) is 7.36. The molecule has 1 aliphatic carbocycles. The van der Waals surface area contributed by atoms with Crippen LogP contribution >= 0.6 is 31.9 Å². The summed E-state index contributed by atoms with van der Waals surface area (Å²) in [6.07, 6.45) is 4.17. The standard InChI is InChI=1S/C15H20Br2N2/c16-12-4-5-14(17)13(10-12)15(11-2-1-3-11)19-8-6-18-7-9-19/h4-5,10-11,15,18H,1-3,6-9H2/t15-/m1/s1. The Morgan fingerprint density at radius 1 is 1.16 bits per heavy atom. The fourth-order valence-electron chi connectivity index (χ4n) is 3.21. The van der Waals surface area contributed by atoms with Gasteiger partial charge in [-0.25, -0.2) is 0 Å². The molecule has 1 heterocycles. The zero-order chi connectivity index (χ0) is 13.2. The van der Waals surface area contributed by atoms with Gasteiger partial charge in [0.1, 0.15) is 0 Å². The maximum atomic E-state index is 3.76. The Balaban J connectivity index is 1.90. The molecule has 1 aliphatic heterocycles. The van der Waals surface area contributed by atoms with Crippen molar-refractivity contribution in [2.24, 2.45) is 5.92 Å². The minimum absolute atomic E-state index is 0.586. The number of halogens is 2. The summed E-state index contributed by atoms with van der Waals surface area (Å²) in [7, 11) is 0. The van der Waals surface area contributed by atoms with Gasteiger partial charge in [0.2, 0.25) is 0 Å². The molecular weight excluding hydrogens is 368 g/mol. The molecule has 1 saturated carbocycles. The maximum absolute atomic E-state index is 3.76. The van der Waals surface area contributed by atoms with Crippen LogP contribution in [0.2, 0.25) is 0 Å². The average Bonchev–Trinajstić information content (AvgIpc) is 2.38. The molecule has 0 amide bonds. The molecule has 104 valence electrons. The van der Waals surface area contributed by atoms with Crippen molar-refractivity contribution >= 4 is 31.9 Å². The van der Waals surface area contributed by atoms with E-state index in [1.807, 2.05) is 0 Å². The van der Waals surface area contributed by atoms with E-state index in [2.05, 4.69) is 60.3 Å². The van der Waals surface area contributed by atoms with Crippen LogP contribution < -0.4 is 5.32 Å². The van der Waals surface area contributed by atoms with Crippen molar-refractivity contribution in [3.8, 4) is 0 Å². The lowest BCUT2D eigenvalue weighted by atomic mass is 9.76. The second kappa shape index (κ2) is 6.25. The molecule has 1 saturated heterocycles. The van der Waals surface area contributed by atoms with Crippen LogP contribution in [0.1, 0.15) is 30.9 Å². The van der Waals surface area contributed by atoms with Crippen molar-refractivity contribution in [3.05, 3.63) is 32.7 Å². The lowest BCUT2D eigenvalue weighted by molar-refractivity contribution is 0.0832. The average molecular weight is 388 g/mol. The van der Waals surface area contributed by atoms with Crippen LogP contribution in [0.15, 0.2) is 27.1 Å². The van der Waals surface area contributed by atoms with E-state index >= 15 is 0 Å². The van der Waals surface area contributed by atoms with Crippen LogP contribution in [0.4, 0.5) is 0 Å². The normalized spacial score (nSPS) is 23.1. The highest BCUT2D eigenvalue weighted by Crippen LogP contribution is 2.44. The topological polar surface area (TPSA) is 15.3 Å². The van der Waals surface area contributed by atoms with Crippen LogP contribution in [0.25, 0.3) is 0 Å². The van der Waals surface area contributed by atoms with Gasteiger partial charge in [0, 0.05) is 41.2 Å². The monoisotopic (exact) mass is 386 g/mol. The minimum Gasteiger partial charge on any atom is -0.314 e. The molecule has 0 bridgehead atoms. The second-order valence-electron chi connectivity index (χ2n) is 5.59. The number of rotatable bonds is 3. The molecular formula is C15H20Br2N2. The van der Waals surface area contributed by atoms with E-state index in [1.165, 1.54) is 46.9 Å². The third-order valence-corrected chi connectivity index (χ3v) is 5.63. The number of hydrogen-bond donors (Lipinski definition) is 1. The van der Waals surface area contributed by atoms with Gasteiger partial charge < -0.3 is 5.32 Å². The molecule has 19 heavy (non-hydrogen) atoms. The van der Waals surface area contributed by atoms with E-state index in [4.69, 9.17) is 0 Å². The first-order valence-electron chi connectivity index (χ1n) is 7.15. The highest BCUT2D eigenvalue weighted by molar-refractivity contribution is 9.11. The van der Waals surface area contributed by atoms with Crippen LogP contribution in [0, 0.1) is 5.92 Å². The van der Waals surface area contributed by atoms with Gasteiger partial charge in [0.15, 0.2) is 0 Å². The fourth-order valence-corrected chi connectivity index (χ4v) is 4.07. The van der Waals surface area contributed by atoms with E-state index in [9.17, 15) is 0 Å². The van der Waals surface area contributed by atoms with Crippen LogP contribution in [-0.4, -0.2) is 31.1 Å². The van der Waals surface area contributed by atoms with Crippen molar-refractivity contribution in [3.63, 3.8) is 0 Å². The Morgan fingerprint density at radius 3 is 2.53 bits per heavy atom. The molecule has 0 aromatic heterocycles. The summed E-state index contributed by atoms with van der Waals surface area (Å²) in [6, 6.07) is 7.17. The summed E-state index contributed by atoms with van der Waals surface area (Å²) in [5.41, 5.74) is 1.46. The Morgan fingerprint density at radius 2 is 1.89 bits per heavy atom. The van der Waals surface area contributed by atoms with Crippen molar-refractivity contribution in [2.45, 2.75) is 25.3 Å². The predicted molar refractivity (Wildman–Crippen MR) is 86.4 cm³/mol. The molecule has 0 unspecified atom stereocenters. The van der Waals surface area contributed by atoms with Gasteiger partial charge in [-0.3, -0.25) is 4.90 Å². The van der Waals surface area contributed by atoms with E-state index in [1.54, 1.807) is 0 Å². The van der Waals surface area contributed by atoms with Crippen LogP contribution in [-0.2, 0) is 0 Å². The van der Waals surface area contributed by atoms with Crippen LogP contribution in [0.5, 0.6) is 0 Å². The predicted octanol–water partition coefficient (Wildman–Crippen LogP) is 3.96. The van der Waals surface area contributed by atoms with Crippen molar-refractivity contribution in [1.82, 2.24) is 10.2 Å². The molecule has 1 aromatic carbocycles. The van der Waals surface area contributed by atoms with Crippen LogP contribution in [0.3, 0.4) is 0 Å². The van der Waals surface area contributed by atoms with Gasteiger partial charge in [-0.15, -0.1) is 0 Å². The zero-order valence-electron chi connectivity index (χ0n) is 11.0. The number of nitrogens with zero attached hydrogens (tertiary/aromatic N) is 1. The highest BCUT2D eigenvalue weighted by atomic mass is 79.9. The molecule has 1 atom stereocenters. The summed E-state index contributed by atoms with van der Waals surface area (Å²) >= 11 is 7.38. The number of hydrogen-bond acceptors (Lipinski definition) is 2. The molecule has 2 aliphatic rings. The lowest BCUT2D eigenvalue weighted by Crippen LogP contribution is -2.47. The Labute approximate surface area is 132 Å². The fraction of sp³-hybridized carbons (Fsp3) is 0.600. The third kappa shape index (κ3) is 3.07. The molecule has 2 fully saturated rings. The first-order chi connectivity index (χ1) is 9.25. The molecule has 4 heteroatoms. The van der Waals surface area contributed by atoms with Gasteiger partial charge in [0.05, 0.1) is 0 Å². The quantitative estimate of drug-likeness (QED) is 0.844. The summed E-state index contributed by atoms with van der Waals surface area (Å²) in [5, 5.41) is 3.46. The van der Waals surface area contributed by atoms with E-state index in [0.29, 0.717) is 6.04 Å². The maximum Gasteiger partial charge on any atom is 0.0388 e.